The van der Waals surface area contributed by atoms with Gasteiger partial charge in [-0.2, -0.15) is 11.8 Å². The highest BCUT2D eigenvalue weighted by Gasteiger charge is 2.16. The van der Waals surface area contributed by atoms with Crippen LogP contribution in [0.2, 0.25) is 5.02 Å². The third-order valence-electron chi connectivity index (χ3n) is 2.32. The third-order valence-corrected chi connectivity index (χ3v) is 3.27. The lowest BCUT2D eigenvalue weighted by Crippen LogP contribution is -2.29. The summed E-state index contributed by atoms with van der Waals surface area (Å²) < 4.78 is 0. The van der Waals surface area contributed by atoms with Gasteiger partial charge in [0, 0.05) is 10.7 Å². The van der Waals surface area contributed by atoms with E-state index in [0.29, 0.717) is 11.4 Å². The van der Waals surface area contributed by atoms with Crippen LogP contribution >= 0.6 is 23.4 Å². The van der Waals surface area contributed by atoms with Crippen molar-refractivity contribution in [3.8, 4) is 0 Å². The van der Waals surface area contributed by atoms with E-state index >= 15 is 0 Å². The molecule has 1 atom stereocenters. The van der Waals surface area contributed by atoms with Crippen molar-refractivity contribution < 1.29 is 9.90 Å². The Kier molecular flexibility index (Phi) is 6.22. The van der Waals surface area contributed by atoms with Crippen molar-refractivity contribution in [3.05, 3.63) is 29.3 Å². The maximum atomic E-state index is 11.1. The first kappa shape index (κ1) is 14.2. The molecule has 0 saturated carbocycles. The van der Waals surface area contributed by atoms with Gasteiger partial charge in [0.25, 0.3) is 0 Å². The van der Waals surface area contributed by atoms with Gasteiger partial charge < -0.3 is 10.4 Å². The number of aliphatic carboxylic acids is 1. The quantitative estimate of drug-likeness (QED) is 0.748. The van der Waals surface area contributed by atoms with Crippen LogP contribution in [0, 0.1) is 0 Å². The van der Waals surface area contributed by atoms with Gasteiger partial charge in [0.05, 0.1) is 0 Å². The summed E-state index contributed by atoms with van der Waals surface area (Å²) in [6, 6.07) is 6.51. The molecule has 1 rings (SSSR count). The van der Waals surface area contributed by atoms with E-state index < -0.39 is 12.0 Å². The van der Waals surface area contributed by atoms with Gasteiger partial charge in [-0.25, -0.2) is 4.79 Å². The maximum absolute atomic E-state index is 11.1. The number of hydrogen-bond donors (Lipinski definition) is 2. The smallest absolute Gasteiger partial charge is 0.326 e. The number of benzene rings is 1. The van der Waals surface area contributed by atoms with E-state index in [0.717, 1.165) is 17.9 Å². The maximum Gasteiger partial charge on any atom is 0.326 e. The molecule has 0 aliphatic rings. The van der Waals surface area contributed by atoms with Crippen LogP contribution in [0.3, 0.4) is 0 Å². The predicted octanol–water partition coefficient (Wildman–Crippen LogP) is 3.35. The van der Waals surface area contributed by atoms with Crippen LogP contribution in [0.15, 0.2) is 24.3 Å². The number of anilines is 1. The van der Waals surface area contributed by atoms with Gasteiger partial charge in [-0.3, -0.25) is 0 Å². The number of halogens is 1. The molecule has 0 heterocycles. The fraction of sp³-hybridized carbons (Fsp3) is 0.417. The molecule has 0 bridgehead atoms. The van der Waals surface area contributed by atoms with Crippen LogP contribution in [0.5, 0.6) is 0 Å². The molecule has 1 aromatic carbocycles. The van der Waals surface area contributed by atoms with E-state index in [1.807, 2.05) is 6.26 Å². The van der Waals surface area contributed by atoms with Crippen molar-refractivity contribution in [2.75, 3.05) is 17.3 Å². The molecule has 0 fully saturated rings. The Hall–Kier alpha value is -0.870. The SMILES string of the molecule is CSCCCC(Nc1ccc(Cl)cc1)C(=O)O. The largest absolute Gasteiger partial charge is 0.480 e. The van der Waals surface area contributed by atoms with Gasteiger partial charge in [0.2, 0.25) is 0 Å². The summed E-state index contributed by atoms with van der Waals surface area (Å²) in [6.07, 6.45) is 3.53. The van der Waals surface area contributed by atoms with E-state index in [9.17, 15) is 4.79 Å². The van der Waals surface area contributed by atoms with Crippen molar-refractivity contribution in [1.29, 1.82) is 0 Å². The van der Waals surface area contributed by atoms with E-state index in [-0.39, 0.29) is 0 Å². The Balaban J connectivity index is 2.54. The average Bonchev–Trinajstić information content (AvgIpc) is 2.30. The Bertz CT molecular complexity index is 356. The van der Waals surface area contributed by atoms with E-state index in [4.69, 9.17) is 16.7 Å². The lowest BCUT2D eigenvalue weighted by molar-refractivity contribution is -0.138. The molecule has 0 aliphatic heterocycles. The third kappa shape index (κ3) is 5.33. The minimum absolute atomic E-state index is 0.539. The number of nitrogens with one attached hydrogen (secondary N) is 1. The Morgan fingerprint density at radius 1 is 1.47 bits per heavy atom. The normalized spacial score (nSPS) is 12.1. The monoisotopic (exact) mass is 273 g/mol. The first-order valence-electron chi connectivity index (χ1n) is 5.37. The van der Waals surface area contributed by atoms with Crippen molar-refractivity contribution >= 4 is 35.0 Å². The predicted molar refractivity (Wildman–Crippen MR) is 74.1 cm³/mol. The second kappa shape index (κ2) is 7.45. The number of thioether (sulfide) groups is 1. The standard InChI is InChI=1S/C12H16ClNO2S/c1-17-8-2-3-11(12(15)16)14-10-6-4-9(13)5-7-10/h4-7,11,14H,2-3,8H2,1H3,(H,15,16). The zero-order chi connectivity index (χ0) is 12.7. The second-order valence-electron chi connectivity index (χ2n) is 3.68. The molecule has 1 unspecified atom stereocenters. The molecule has 0 aromatic heterocycles. The highest BCUT2D eigenvalue weighted by Crippen LogP contribution is 2.16. The summed E-state index contributed by atoms with van der Waals surface area (Å²) in [7, 11) is 0. The first-order valence-corrected chi connectivity index (χ1v) is 7.14. The van der Waals surface area contributed by atoms with Gasteiger partial charge in [-0.15, -0.1) is 0 Å². The fourth-order valence-corrected chi connectivity index (χ4v) is 2.02. The molecule has 17 heavy (non-hydrogen) atoms. The summed E-state index contributed by atoms with van der Waals surface area (Å²) in [6.45, 7) is 0. The molecular weight excluding hydrogens is 258 g/mol. The van der Waals surface area contributed by atoms with E-state index in [1.54, 1.807) is 36.0 Å². The van der Waals surface area contributed by atoms with Crippen molar-refractivity contribution in [2.45, 2.75) is 18.9 Å². The minimum atomic E-state index is -0.818. The molecule has 0 aliphatic carbocycles. The van der Waals surface area contributed by atoms with Gasteiger partial charge in [-0.1, -0.05) is 11.6 Å². The van der Waals surface area contributed by atoms with E-state index in [1.165, 1.54) is 0 Å². The Morgan fingerprint density at radius 2 is 2.12 bits per heavy atom. The molecule has 0 amide bonds. The lowest BCUT2D eigenvalue weighted by Gasteiger charge is -2.15. The molecule has 3 nitrogen and oxygen atoms in total. The van der Waals surface area contributed by atoms with Crippen molar-refractivity contribution in [1.82, 2.24) is 0 Å². The van der Waals surface area contributed by atoms with Crippen LogP contribution in [-0.4, -0.2) is 29.1 Å². The number of carbonyl (C=O) groups is 1. The topological polar surface area (TPSA) is 49.3 Å². The summed E-state index contributed by atoms with van der Waals surface area (Å²) in [5.41, 5.74) is 0.783. The highest BCUT2D eigenvalue weighted by atomic mass is 35.5. The molecular formula is C12H16ClNO2S. The van der Waals surface area contributed by atoms with Crippen LogP contribution in [0.4, 0.5) is 5.69 Å². The van der Waals surface area contributed by atoms with Crippen LogP contribution in [-0.2, 0) is 4.79 Å². The number of carboxylic acids is 1. The summed E-state index contributed by atoms with van der Waals surface area (Å²) >= 11 is 7.49. The summed E-state index contributed by atoms with van der Waals surface area (Å²) in [4.78, 5) is 11.1. The molecule has 5 heteroatoms. The Morgan fingerprint density at radius 3 is 2.65 bits per heavy atom. The minimum Gasteiger partial charge on any atom is -0.480 e. The number of rotatable bonds is 7. The van der Waals surface area contributed by atoms with Crippen LogP contribution in [0.25, 0.3) is 0 Å². The Labute approximate surface area is 111 Å². The van der Waals surface area contributed by atoms with Gasteiger partial charge in [0.1, 0.15) is 6.04 Å². The first-order chi connectivity index (χ1) is 8.13. The number of hydrogen-bond acceptors (Lipinski definition) is 3. The summed E-state index contributed by atoms with van der Waals surface area (Å²) in [5, 5.41) is 12.7. The van der Waals surface area contributed by atoms with Crippen LogP contribution in [0.1, 0.15) is 12.8 Å². The zero-order valence-electron chi connectivity index (χ0n) is 9.65. The molecule has 94 valence electrons. The summed E-state index contributed by atoms with van der Waals surface area (Å²) in [5.74, 6) is 0.160. The molecule has 1 aromatic rings. The molecule has 0 saturated heterocycles. The average molecular weight is 274 g/mol. The van der Waals surface area contributed by atoms with Gasteiger partial charge in [0.15, 0.2) is 0 Å². The molecule has 0 spiro atoms. The highest BCUT2D eigenvalue weighted by molar-refractivity contribution is 7.98. The molecule has 0 radical (unpaired) electrons. The van der Waals surface area contributed by atoms with Crippen molar-refractivity contribution in [3.63, 3.8) is 0 Å². The fourth-order valence-electron chi connectivity index (χ4n) is 1.44. The lowest BCUT2D eigenvalue weighted by atomic mass is 10.1. The molecule has 2 N–H and O–H groups in total. The van der Waals surface area contributed by atoms with Crippen molar-refractivity contribution in [2.24, 2.45) is 0 Å². The van der Waals surface area contributed by atoms with Gasteiger partial charge in [-0.05, 0) is 49.1 Å². The van der Waals surface area contributed by atoms with Gasteiger partial charge >= 0.3 is 5.97 Å². The van der Waals surface area contributed by atoms with E-state index in [2.05, 4.69) is 5.32 Å². The second-order valence-corrected chi connectivity index (χ2v) is 5.10. The zero-order valence-corrected chi connectivity index (χ0v) is 11.2. The van der Waals surface area contributed by atoms with Crippen LogP contribution < -0.4 is 5.32 Å². The number of carboxylic acid groups (broad SMARTS) is 1.